The molecule has 0 aliphatic carbocycles. The second kappa shape index (κ2) is 12.6. The summed E-state index contributed by atoms with van der Waals surface area (Å²) in [6.07, 6.45) is 4.36. The van der Waals surface area contributed by atoms with Crippen LogP contribution in [0, 0.1) is 0 Å². The smallest absolute Gasteiger partial charge is 0.185 e. The number of ketones is 1. The molecule has 26 heavy (non-hydrogen) atoms. The Morgan fingerprint density at radius 2 is 2.00 bits per heavy atom. The van der Waals surface area contributed by atoms with Crippen molar-refractivity contribution in [1.29, 1.82) is 0 Å². The SMILES string of the molecule is CCc1cc(OCCCC(=O)[C@@H](N)CCCCN=C(N)N)ccc1CS. The van der Waals surface area contributed by atoms with E-state index in [4.69, 9.17) is 21.9 Å². The van der Waals surface area contributed by atoms with Gasteiger partial charge in [0.05, 0.1) is 12.6 Å². The van der Waals surface area contributed by atoms with Crippen molar-refractivity contribution >= 4 is 24.4 Å². The van der Waals surface area contributed by atoms with Crippen molar-refractivity contribution < 1.29 is 9.53 Å². The first-order valence-corrected chi connectivity index (χ1v) is 9.80. The van der Waals surface area contributed by atoms with Gasteiger partial charge in [-0.15, -0.1) is 0 Å². The molecule has 0 heterocycles. The number of nitrogens with two attached hydrogens (primary N) is 3. The number of nitrogens with zero attached hydrogens (tertiary/aromatic N) is 1. The molecule has 1 aromatic rings. The van der Waals surface area contributed by atoms with Crippen molar-refractivity contribution in [2.45, 2.75) is 57.2 Å². The molecule has 0 spiro atoms. The Bertz CT molecular complexity index is 589. The quantitative estimate of drug-likeness (QED) is 0.181. The molecule has 0 saturated carbocycles. The Kier molecular flexibility index (Phi) is 10.8. The molecule has 0 amide bonds. The van der Waals surface area contributed by atoms with Crippen LogP contribution in [-0.4, -0.2) is 30.9 Å². The maximum Gasteiger partial charge on any atom is 0.185 e. The Labute approximate surface area is 162 Å². The molecule has 7 heteroatoms. The van der Waals surface area contributed by atoms with E-state index in [1.54, 1.807) is 0 Å². The summed E-state index contributed by atoms with van der Waals surface area (Å²) < 4.78 is 5.76. The van der Waals surface area contributed by atoms with Gasteiger partial charge < -0.3 is 21.9 Å². The molecule has 0 bridgehead atoms. The average molecular weight is 381 g/mol. The summed E-state index contributed by atoms with van der Waals surface area (Å²) >= 11 is 4.33. The molecular formula is C19H32N4O2S. The number of benzene rings is 1. The number of hydrogen-bond acceptors (Lipinski definition) is 5. The van der Waals surface area contributed by atoms with Gasteiger partial charge in [0.2, 0.25) is 0 Å². The van der Waals surface area contributed by atoms with Gasteiger partial charge in [-0.2, -0.15) is 12.6 Å². The van der Waals surface area contributed by atoms with Crippen LogP contribution in [0.5, 0.6) is 5.75 Å². The Hall–Kier alpha value is -1.73. The summed E-state index contributed by atoms with van der Waals surface area (Å²) in [5.41, 5.74) is 18.9. The molecule has 146 valence electrons. The number of hydrogen-bond donors (Lipinski definition) is 4. The molecule has 0 radical (unpaired) electrons. The summed E-state index contributed by atoms with van der Waals surface area (Å²) in [5.74, 6) is 1.73. The third-order valence-corrected chi connectivity index (χ3v) is 4.54. The Balaban J connectivity index is 2.24. The standard InChI is InChI=1S/C19H32N4O2S/c1-2-14-12-16(9-8-15(14)13-26)25-11-5-7-18(24)17(20)6-3-4-10-23-19(21)22/h8-9,12,17,26H,2-7,10-11,13,20H2,1H3,(H4,21,22,23)/t17-/m0/s1. The van der Waals surface area contributed by atoms with Gasteiger partial charge in [-0.1, -0.05) is 13.0 Å². The number of Topliss-reactive ketones (excluding diaryl/α,β-unsaturated/α-hetero) is 1. The van der Waals surface area contributed by atoms with Gasteiger partial charge in [0.1, 0.15) is 11.5 Å². The lowest BCUT2D eigenvalue weighted by atomic mass is 10.0. The normalized spacial score (nSPS) is 11.8. The fourth-order valence-electron chi connectivity index (χ4n) is 2.64. The van der Waals surface area contributed by atoms with Crippen molar-refractivity contribution in [3.8, 4) is 5.75 Å². The Morgan fingerprint density at radius 3 is 2.65 bits per heavy atom. The molecule has 0 aliphatic rings. The number of carbonyl (C=O) groups is 1. The zero-order valence-corrected chi connectivity index (χ0v) is 16.5. The van der Waals surface area contributed by atoms with Crippen LogP contribution in [-0.2, 0) is 17.0 Å². The van der Waals surface area contributed by atoms with E-state index in [2.05, 4.69) is 30.6 Å². The van der Waals surface area contributed by atoms with Gasteiger partial charge in [0.15, 0.2) is 5.96 Å². The molecule has 1 atom stereocenters. The monoisotopic (exact) mass is 380 g/mol. The lowest BCUT2D eigenvalue weighted by Crippen LogP contribution is -2.30. The number of guanidine groups is 1. The number of rotatable bonds is 13. The zero-order chi connectivity index (χ0) is 19.4. The highest BCUT2D eigenvalue weighted by molar-refractivity contribution is 7.79. The van der Waals surface area contributed by atoms with Crippen molar-refractivity contribution in [3.63, 3.8) is 0 Å². The topological polar surface area (TPSA) is 117 Å². The predicted molar refractivity (Wildman–Crippen MR) is 111 cm³/mol. The first-order chi connectivity index (χ1) is 12.5. The largest absolute Gasteiger partial charge is 0.494 e. The van der Waals surface area contributed by atoms with Crippen molar-refractivity contribution in [1.82, 2.24) is 0 Å². The van der Waals surface area contributed by atoms with Crippen molar-refractivity contribution in [3.05, 3.63) is 29.3 Å². The van der Waals surface area contributed by atoms with Crippen LogP contribution in [0.1, 0.15) is 50.2 Å². The van der Waals surface area contributed by atoms with Gasteiger partial charge in [0, 0.05) is 18.7 Å². The Morgan fingerprint density at radius 1 is 1.23 bits per heavy atom. The molecule has 0 aliphatic heterocycles. The number of aryl methyl sites for hydroxylation is 1. The van der Waals surface area contributed by atoms with E-state index in [0.717, 1.165) is 30.8 Å². The second-order valence-electron chi connectivity index (χ2n) is 6.27. The lowest BCUT2D eigenvalue weighted by molar-refractivity contribution is -0.120. The zero-order valence-electron chi connectivity index (χ0n) is 15.6. The van der Waals surface area contributed by atoms with Gasteiger partial charge in [-0.25, -0.2) is 0 Å². The number of aliphatic imine (C=N–C) groups is 1. The summed E-state index contributed by atoms with van der Waals surface area (Å²) in [5, 5.41) is 0. The summed E-state index contributed by atoms with van der Waals surface area (Å²) in [6.45, 7) is 3.19. The second-order valence-corrected chi connectivity index (χ2v) is 6.59. The maximum atomic E-state index is 12.1. The first-order valence-electron chi connectivity index (χ1n) is 9.17. The molecule has 0 aromatic heterocycles. The van der Waals surface area contributed by atoms with E-state index in [-0.39, 0.29) is 11.7 Å². The van der Waals surface area contributed by atoms with Crippen LogP contribution in [0.15, 0.2) is 23.2 Å². The molecule has 1 aromatic carbocycles. The summed E-state index contributed by atoms with van der Waals surface area (Å²) in [4.78, 5) is 16.0. The minimum atomic E-state index is -0.421. The summed E-state index contributed by atoms with van der Waals surface area (Å²) in [6, 6.07) is 5.63. The fraction of sp³-hybridized carbons (Fsp3) is 0.579. The van der Waals surface area contributed by atoms with Gasteiger partial charge in [-0.3, -0.25) is 9.79 Å². The van der Waals surface area contributed by atoms with Crippen LogP contribution in [0.3, 0.4) is 0 Å². The number of ether oxygens (including phenoxy) is 1. The van der Waals surface area contributed by atoms with Crippen LogP contribution in [0.2, 0.25) is 0 Å². The highest BCUT2D eigenvalue weighted by atomic mass is 32.1. The maximum absolute atomic E-state index is 12.1. The van der Waals surface area contributed by atoms with Gasteiger partial charge in [0.25, 0.3) is 0 Å². The number of carbonyl (C=O) groups excluding carboxylic acids is 1. The minimum absolute atomic E-state index is 0.0788. The van der Waals surface area contributed by atoms with Crippen molar-refractivity contribution in [2.24, 2.45) is 22.2 Å². The van der Waals surface area contributed by atoms with E-state index in [1.165, 1.54) is 11.1 Å². The van der Waals surface area contributed by atoms with Crippen molar-refractivity contribution in [2.75, 3.05) is 13.2 Å². The molecule has 0 fully saturated rings. The minimum Gasteiger partial charge on any atom is -0.494 e. The van der Waals surface area contributed by atoms with E-state index in [9.17, 15) is 4.79 Å². The highest BCUT2D eigenvalue weighted by Gasteiger charge is 2.12. The third-order valence-electron chi connectivity index (χ3n) is 4.20. The summed E-state index contributed by atoms with van der Waals surface area (Å²) in [7, 11) is 0. The van der Waals surface area contributed by atoms with Gasteiger partial charge in [-0.05, 0) is 55.4 Å². The van der Waals surface area contributed by atoms with E-state index in [0.29, 0.717) is 32.4 Å². The van der Waals surface area contributed by atoms with Crippen LogP contribution in [0.4, 0.5) is 0 Å². The number of unbranched alkanes of at least 4 members (excludes halogenated alkanes) is 1. The van der Waals surface area contributed by atoms with Crippen LogP contribution in [0.25, 0.3) is 0 Å². The highest BCUT2D eigenvalue weighted by Crippen LogP contribution is 2.20. The van der Waals surface area contributed by atoms with E-state index >= 15 is 0 Å². The molecule has 0 unspecified atom stereocenters. The van der Waals surface area contributed by atoms with E-state index in [1.807, 2.05) is 12.1 Å². The van der Waals surface area contributed by atoms with Crippen LogP contribution < -0.4 is 21.9 Å². The first kappa shape index (κ1) is 22.3. The molecule has 0 saturated heterocycles. The van der Waals surface area contributed by atoms with Crippen LogP contribution >= 0.6 is 12.6 Å². The average Bonchev–Trinajstić information content (AvgIpc) is 2.63. The third kappa shape index (κ3) is 8.58. The molecular weight excluding hydrogens is 348 g/mol. The van der Waals surface area contributed by atoms with Gasteiger partial charge >= 0.3 is 0 Å². The molecule has 6 N–H and O–H groups in total. The molecule has 6 nitrogen and oxygen atoms in total. The number of thiol groups is 1. The predicted octanol–water partition coefficient (Wildman–Crippen LogP) is 2.18. The fourth-order valence-corrected chi connectivity index (χ4v) is 2.95. The van der Waals surface area contributed by atoms with E-state index < -0.39 is 6.04 Å². The lowest BCUT2D eigenvalue weighted by Gasteiger charge is -2.12. The molecule has 1 rings (SSSR count).